The summed E-state index contributed by atoms with van der Waals surface area (Å²) in [6.07, 6.45) is 2.81. The molecule has 2 aromatic carbocycles. The maximum atomic E-state index is 11.9. The number of ketones is 1. The van der Waals surface area contributed by atoms with E-state index in [1.807, 2.05) is 36.4 Å². The SMILES string of the molecule is COc1ccc(C)c(CCCC(=O)CCOc2ccccc2)c1. The molecule has 0 heterocycles. The Kier molecular flexibility index (Phi) is 6.67. The molecule has 23 heavy (non-hydrogen) atoms. The van der Waals surface area contributed by atoms with E-state index < -0.39 is 0 Å². The zero-order chi connectivity index (χ0) is 16.5. The number of carbonyl (C=O) groups excluding carboxylic acids is 1. The Hall–Kier alpha value is -2.29. The first kappa shape index (κ1) is 17.1. The molecular formula is C20H24O3. The van der Waals surface area contributed by atoms with E-state index in [-0.39, 0.29) is 5.78 Å². The van der Waals surface area contributed by atoms with Gasteiger partial charge < -0.3 is 9.47 Å². The van der Waals surface area contributed by atoms with E-state index >= 15 is 0 Å². The Labute approximate surface area is 138 Å². The Morgan fingerprint density at radius 2 is 1.78 bits per heavy atom. The van der Waals surface area contributed by atoms with Crippen LogP contribution >= 0.6 is 0 Å². The van der Waals surface area contributed by atoms with Crippen LogP contribution in [0.4, 0.5) is 0 Å². The quantitative estimate of drug-likeness (QED) is 0.690. The fourth-order valence-corrected chi connectivity index (χ4v) is 2.44. The van der Waals surface area contributed by atoms with Crippen molar-refractivity contribution in [2.24, 2.45) is 0 Å². The number of carbonyl (C=O) groups is 1. The van der Waals surface area contributed by atoms with Crippen molar-refractivity contribution in [2.75, 3.05) is 13.7 Å². The van der Waals surface area contributed by atoms with E-state index in [0.29, 0.717) is 19.4 Å². The maximum absolute atomic E-state index is 11.9. The molecule has 0 aliphatic rings. The van der Waals surface area contributed by atoms with Gasteiger partial charge in [-0.15, -0.1) is 0 Å². The summed E-state index contributed by atoms with van der Waals surface area (Å²) in [5.41, 5.74) is 2.49. The van der Waals surface area contributed by atoms with Gasteiger partial charge in [-0.25, -0.2) is 0 Å². The van der Waals surface area contributed by atoms with Crippen LogP contribution in [-0.4, -0.2) is 19.5 Å². The second kappa shape index (κ2) is 8.99. The number of hydrogen-bond acceptors (Lipinski definition) is 3. The third-order valence-corrected chi connectivity index (χ3v) is 3.85. The summed E-state index contributed by atoms with van der Waals surface area (Å²) in [4.78, 5) is 11.9. The average Bonchev–Trinajstić information content (AvgIpc) is 2.57. The molecule has 0 saturated carbocycles. The number of Topliss-reactive ketones (excluding diaryl/α,β-unsaturated/α-hetero) is 1. The first-order valence-electron chi connectivity index (χ1n) is 8.02. The Morgan fingerprint density at radius 3 is 2.52 bits per heavy atom. The highest BCUT2D eigenvalue weighted by Crippen LogP contribution is 2.19. The fraction of sp³-hybridized carbons (Fsp3) is 0.350. The van der Waals surface area contributed by atoms with Gasteiger partial charge in [0, 0.05) is 12.8 Å². The molecule has 0 amide bonds. The Morgan fingerprint density at radius 1 is 1.00 bits per heavy atom. The second-order valence-electron chi connectivity index (χ2n) is 5.60. The number of methoxy groups -OCH3 is 1. The standard InChI is InChI=1S/C20H24O3/c1-16-11-12-20(22-2)15-17(16)7-6-8-18(21)13-14-23-19-9-4-3-5-10-19/h3-5,9-12,15H,6-8,13-14H2,1-2H3. The zero-order valence-electron chi connectivity index (χ0n) is 13.9. The molecule has 0 aliphatic carbocycles. The molecule has 0 atom stereocenters. The molecule has 0 saturated heterocycles. The van der Waals surface area contributed by atoms with Gasteiger partial charge in [0.2, 0.25) is 0 Å². The predicted molar refractivity (Wildman–Crippen MR) is 92.2 cm³/mol. The topological polar surface area (TPSA) is 35.5 Å². The summed E-state index contributed by atoms with van der Waals surface area (Å²) in [7, 11) is 1.67. The lowest BCUT2D eigenvalue weighted by Gasteiger charge is -2.08. The minimum absolute atomic E-state index is 0.251. The smallest absolute Gasteiger partial charge is 0.136 e. The van der Waals surface area contributed by atoms with E-state index in [0.717, 1.165) is 24.3 Å². The van der Waals surface area contributed by atoms with Crippen LogP contribution < -0.4 is 9.47 Å². The predicted octanol–water partition coefficient (Wildman–Crippen LogP) is 4.36. The van der Waals surface area contributed by atoms with Gasteiger partial charge in [-0.05, 0) is 55.2 Å². The van der Waals surface area contributed by atoms with Gasteiger partial charge in [0.25, 0.3) is 0 Å². The van der Waals surface area contributed by atoms with Crippen molar-refractivity contribution in [2.45, 2.75) is 32.6 Å². The van der Waals surface area contributed by atoms with Crippen molar-refractivity contribution < 1.29 is 14.3 Å². The van der Waals surface area contributed by atoms with Gasteiger partial charge in [0.05, 0.1) is 13.7 Å². The first-order valence-corrected chi connectivity index (χ1v) is 8.02. The first-order chi connectivity index (χ1) is 11.2. The normalized spacial score (nSPS) is 10.3. The van der Waals surface area contributed by atoms with Crippen molar-refractivity contribution in [1.29, 1.82) is 0 Å². The number of aryl methyl sites for hydroxylation is 2. The van der Waals surface area contributed by atoms with Crippen LogP contribution in [0.5, 0.6) is 11.5 Å². The van der Waals surface area contributed by atoms with Gasteiger partial charge >= 0.3 is 0 Å². The number of ether oxygens (including phenoxy) is 2. The second-order valence-corrected chi connectivity index (χ2v) is 5.60. The van der Waals surface area contributed by atoms with Crippen LogP contribution in [0.15, 0.2) is 48.5 Å². The highest BCUT2D eigenvalue weighted by Gasteiger charge is 2.05. The lowest BCUT2D eigenvalue weighted by Crippen LogP contribution is -2.06. The summed E-state index contributed by atoms with van der Waals surface area (Å²) >= 11 is 0. The van der Waals surface area contributed by atoms with Gasteiger partial charge in [0.1, 0.15) is 17.3 Å². The molecule has 0 aromatic heterocycles. The minimum atomic E-state index is 0.251. The maximum Gasteiger partial charge on any atom is 0.136 e. The van der Waals surface area contributed by atoms with Crippen molar-refractivity contribution in [3.05, 3.63) is 59.7 Å². The van der Waals surface area contributed by atoms with E-state index in [2.05, 4.69) is 19.1 Å². The average molecular weight is 312 g/mol. The van der Waals surface area contributed by atoms with Crippen molar-refractivity contribution in [3.63, 3.8) is 0 Å². The summed E-state index contributed by atoms with van der Waals surface area (Å²) in [6, 6.07) is 15.7. The lowest BCUT2D eigenvalue weighted by atomic mass is 10.0. The van der Waals surface area contributed by atoms with Crippen LogP contribution in [-0.2, 0) is 11.2 Å². The van der Waals surface area contributed by atoms with E-state index in [1.54, 1.807) is 7.11 Å². The third-order valence-electron chi connectivity index (χ3n) is 3.85. The molecule has 2 aromatic rings. The highest BCUT2D eigenvalue weighted by atomic mass is 16.5. The molecule has 3 nitrogen and oxygen atoms in total. The number of para-hydroxylation sites is 1. The Bertz CT molecular complexity index is 620. The molecule has 2 rings (SSSR count). The van der Waals surface area contributed by atoms with E-state index in [4.69, 9.17) is 9.47 Å². The van der Waals surface area contributed by atoms with E-state index in [1.165, 1.54) is 11.1 Å². The molecule has 0 spiro atoms. The van der Waals surface area contributed by atoms with Gasteiger partial charge in [-0.2, -0.15) is 0 Å². The van der Waals surface area contributed by atoms with Crippen molar-refractivity contribution >= 4 is 5.78 Å². The fourth-order valence-electron chi connectivity index (χ4n) is 2.44. The van der Waals surface area contributed by atoms with Crippen LogP contribution in [0, 0.1) is 6.92 Å². The van der Waals surface area contributed by atoms with E-state index in [9.17, 15) is 4.79 Å². The number of rotatable bonds is 9. The number of hydrogen-bond donors (Lipinski definition) is 0. The minimum Gasteiger partial charge on any atom is -0.497 e. The van der Waals surface area contributed by atoms with Crippen LogP contribution in [0.3, 0.4) is 0 Å². The summed E-state index contributed by atoms with van der Waals surface area (Å²) < 4.78 is 10.8. The highest BCUT2D eigenvalue weighted by molar-refractivity contribution is 5.78. The molecule has 0 aliphatic heterocycles. The number of benzene rings is 2. The van der Waals surface area contributed by atoms with Crippen LogP contribution in [0.2, 0.25) is 0 Å². The van der Waals surface area contributed by atoms with Gasteiger partial charge in [0.15, 0.2) is 0 Å². The lowest BCUT2D eigenvalue weighted by molar-refractivity contribution is -0.119. The van der Waals surface area contributed by atoms with Gasteiger partial charge in [-0.1, -0.05) is 24.3 Å². The molecule has 3 heteroatoms. The Balaban J connectivity index is 1.68. The van der Waals surface area contributed by atoms with Gasteiger partial charge in [-0.3, -0.25) is 4.79 Å². The molecule has 0 N–H and O–H groups in total. The van der Waals surface area contributed by atoms with Crippen molar-refractivity contribution in [1.82, 2.24) is 0 Å². The summed E-state index contributed by atoms with van der Waals surface area (Å²) in [5, 5.41) is 0. The van der Waals surface area contributed by atoms with Crippen LogP contribution in [0.25, 0.3) is 0 Å². The molecule has 0 bridgehead atoms. The monoisotopic (exact) mass is 312 g/mol. The van der Waals surface area contributed by atoms with Crippen LogP contribution in [0.1, 0.15) is 30.4 Å². The summed E-state index contributed by atoms with van der Waals surface area (Å²) in [6.45, 7) is 2.53. The zero-order valence-corrected chi connectivity index (χ0v) is 13.9. The molecule has 122 valence electrons. The molecular weight excluding hydrogens is 288 g/mol. The third kappa shape index (κ3) is 5.78. The van der Waals surface area contributed by atoms with Crippen molar-refractivity contribution in [3.8, 4) is 11.5 Å². The largest absolute Gasteiger partial charge is 0.497 e. The molecule has 0 unspecified atom stereocenters. The molecule has 0 fully saturated rings. The molecule has 0 radical (unpaired) electrons. The summed E-state index contributed by atoms with van der Waals surface area (Å²) in [5.74, 6) is 1.93.